The van der Waals surface area contributed by atoms with Crippen molar-refractivity contribution in [3.63, 3.8) is 0 Å². The molecule has 0 unspecified atom stereocenters. The maximum atomic E-state index is 13.4. The average molecular weight is 385 g/mol. The summed E-state index contributed by atoms with van der Waals surface area (Å²) in [4.78, 5) is 18.6. The topological polar surface area (TPSA) is 63.1 Å². The third-order valence-corrected chi connectivity index (χ3v) is 6.41. The number of carbonyl (C=O) groups excluding carboxylic acids is 1. The van der Waals surface area contributed by atoms with E-state index in [9.17, 15) is 18.0 Å². The van der Waals surface area contributed by atoms with Crippen LogP contribution in [0.5, 0.6) is 0 Å². The zero-order chi connectivity index (χ0) is 19.0. The molecule has 9 heteroatoms. The summed E-state index contributed by atoms with van der Waals surface area (Å²) < 4.78 is 41.3. The van der Waals surface area contributed by atoms with Crippen LogP contribution < -0.4 is 5.32 Å². The summed E-state index contributed by atoms with van der Waals surface area (Å²) in [6.07, 6.45) is 3.65. The number of rotatable bonds is 2. The Morgan fingerprint density at radius 1 is 1.11 bits per heavy atom. The summed E-state index contributed by atoms with van der Waals surface area (Å²) >= 11 is 0. The van der Waals surface area contributed by atoms with Gasteiger partial charge in [-0.1, -0.05) is 19.3 Å². The van der Waals surface area contributed by atoms with Gasteiger partial charge in [0.2, 0.25) is 11.9 Å². The second-order valence-electron chi connectivity index (χ2n) is 8.07. The van der Waals surface area contributed by atoms with E-state index in [0.29, 0.717) is 13.1 Å². The number of amides is 1. The van der Waals surface area contributed by atoms with Crippen LogP contribution >= 0.6 is 0 Å². The van der Waals surface area contributed by atoms with Crippen LogP contribution in [0.4, 0.5) is 19.1 Å². The smallest absolute Gasteiger partial charge is 0.351 e. The van der Waals surface area contributed by atoms with Crippen molar-refractivity contribution < 1.29 is 18.0 Å². The Morgan fingerprint density at radius 2 is 1.81 bits per heavy atom. The van der Waals surface area contributed by atoms with Crippen molar-refractivity contribution in [3.8, 4) is 0 Å². The SMILES string of the molecule is O=C(C1CCCCC1)N1CCC([C@@H]2C[C@H](C(F)(F)F)n3ncnc3N2)CC1. The number of aromatic nitrogens is 3. The van der Waals surface area contributed by atoms with E-state index in [0.717, 1.165) is 49.5 Å². The van der Waals surface area contributed by atoms with Crippen molar-refractivity contribution in [2.75, 3.05) is 18.4 Å². The molecule has 0 bridgehead atoms. The number of halogens is 3. The fourth-order valence-corrected chi connectivity index (χ4v) is 4.86. The fraction of sp³-hybridized carbons (Fsp3) is 0.833. The summed E-state index contributed by atoms with van der Waals surface area (Å²) in [6, 6.07) is -1.93. The van der Waals surface area contributed by atoms with Crippen molar-refractivity contribution >= 4 is 11.9 Å². The first-order valence-electron chi connectivity index (χ1n) is 9.95. The van der Waals surface area contributed by atoms with E-state index >= 15 is 0 Å². The number of nitrogens with one attached hydrogen (secondary N) is 1. The second kappa shape index (κ2) is 7.31. The first kappa shape index (κ1) is 18.6. The molecular weight excluding hydrogens is 359 g/mol. The molecule has 1 N–H and O–H groups in total. The van der Waals surface area contributed by atoms with Crippen LogP contribution in [0.25, 0.3) is 0 Å². The molecule has 2 aliphatic heterocycles. The van der Waals surface area contributed by atoms with Gasteiger partial charge in [-0.25, -0.2) is 4.68 Å². The number of carbonyl (C=O) groups is 1. The van der Waals surface area contributed by atoms with Gasteiger partial charge in [-0.15, -0.1) is 0 Å². The van der Waals surface area contributed by atoms with Gasteiger partial charge in [-0.05, 0) is 38.0 Å². The van der Waals surface area contributed by atoms with Crippen LogP contribution in [0.3, 0.4) is 0 Å². The minimum absolute atomic E-state index is 0.0406. The van der Waals surface area contributed by atoms with Crippen LogP contribution in [0, 0.1) is 11.8 Å². The van der Waals surface area contributed by atoms with Crippen molar-refractivity contribution in [2.24, 2.45) is 11.8 Å². The zero-order valence-corrected chi connectivity index (χ0v) is 15.3. The lowest BCUT2D eigenvalue weighted by Crippen LogP contribution is -2.48. The molecule has 0 aromatic carbocycles. The van der Waals surface area contributed by atoms with Crippen LogP contribution in [0.1, 0.15) is 57.4 Å². The molecule has 1 aromatic heterocycles. The largest absolute Gasteiger partial charge is 0.411 e. The van der Waals surface area contributed by atoms with Crippen LogP contribution in [0.15, 0.2) is 6.33 Å². The summed E-state index contributed by atoms with van der Waals surface area (Å²) in [5.41, 5.74) is 0. The van der Waals surface area contributed by atoms with Gasteiger partial charge in [0.25, 0.3) is 0 Å². The number of nitrogens with zero attached hydrogens (tertiary/aromatic N) is 4. The van der Waals surface area contributed by atoms with Gasteiger partial charge in [0.15, 0.2) is 6.04 Å². The summed E-state index contributed by atoms with van der Waals surface area (Å²) in [5, 5.41) is 6.88. The Balaban J connectivity index is 1.38. The highest BCUT2D eigenvalue weighted by atomic mass is 19.4. The van der Waals surface area contributed by atoms with Crippen LogP contribution in [0.2, 0.25) is 0 Å². The Hall–Kier alpha value is -1.80. The Kier molecular flexibility index (Phi) is 5.03. The lowest BCUT2D eigenvalue weighted by Gasteiger charge is -2.41. The molecule has 150 valence electrons. The highest BCUT2D eigenvalue weighted by Crippen LogP contribution is 2.41. The summed E-state index contributed by atoms with van der Waals surface area (Å²) in [7, 11) is 0. The van der Waals surface area contributed by atoms with E-state index in [1.807, 2.05) is 4.90 Å². The van der Waals surface area contributed by atoms with Gasteiger partial charge >= 0.3 is 6.18 Å². The van der Waals surface area contributed by atoms with Crippen molar-refractivity contribution in [3.05, 3.63) is 6.33 Å². The van der Waals surface area contributed by atoms with Gasteiger partial charge in [0.05, 0.1) is 0 Å². The van der Waals surface area contributed by atoms with E-state index < -0.39 is 12.2 Å². The van der Waals surface area contributed by atoms with Crippen molar-refractivity contribution in [1.29, 1.82) is 0 Å². The average Bonchev–Trinajstić information content (AvgIpc) is 3.15. The standard InChI is InChI=1S/C18H26F3N5O/c19-18(20,21)15-10-14(24-17-22-11-23-26(15)17)12-6-8-25(9-7-12)16(27)13-4-2-1-3-5-13/h11-15H,1-10H2,(H,22,23,24)/t14-,15+/m0/s1. The molecule has 1 saturated carbocycles. The Bertz CT molecular complexity index is 662. The second-order valence-corrected chi connectivity index (χ2v) is 8.07. The fourth-order valence-electron chi connectivity index (χ4n) is 4.86. The number of alkyl halides is 3. The number of hydrogen-bond acceptors (Lipinski definition) is 4. The maximum absolute atomic E-state index is 13.4. The van der Waals surface area contributed by atoms with Crippen molar-refractivity contribution in [2.45, 2.75) is 69.6 Å². The minimum atomic E-state index is -4.35. The molecule has 1 saturated heterocycles. The number of likely N-dealkylation sites (tertiary alicyclic amines) is 1. The summed E-state index contributed by atoms with van der Waals surface area (Å²) in [5.74, 6) is 0.693. The Labute approximate surface area is 156 Å². The normalized spacial score (nSPS) is 27.9. The number of hydrogen-bond donors (Lipinski definition) is 1. The van der Waals surface area contributed by atoms with E-state index in [-0.39, 0.29) is 36.2 Å². The molecule has 1 aromatic rings. The molecule has 6 nitrogen and oxygen atoms in total. The zero-order valence-electron chi connectivity index (χ0n) is 15.3. The first-order valence-corrected chi connectivity index (χ1v) is 9.95. The Morgan fingerprint density at radius 3 is 2.48 bits per heavy atom. The van der Waals surface area contributed by atoms with E-state index in [1.165, 1.54) is 6.42 Å². The molecular formula is C18H26F3N5O. The molecule has 0 spiro atoms. The molecule has 0 radical (unpaired) electrons. The maximum Gasteiger partial charge on any atom is 0.411 e. The predicted molar refractivity (Wildman–Crippen MR) is 93.0 cm³/mol. The van der Waals surface area contributed by atoms with Gasteiger partial charge in [-0.2, -0.15) is 23.3 Å². The highest BCUT2D eigenvalue weighted by Gasteiger charge is 2.48. The van der Waals surface area contributed by atoms with E-state index in [2.05, 4.69) is 15.4 Å². The molecule has 3 aliphatic rings. The van der Waals surface area contributed by atoms with Crippen LogP contribution in [-0.2, 0) is 4.79 Å². The monoisotopic (exact) mass is 385 g/mol. The number of anilines is 1. The lowest BCUT2D eigenvalue weighted by atomic mass is 9.83. The quantitative estimate of drug-likeness (QED) is 0.848. The highest BCUT2D eigenvalue weighted by molar-refractivity contribution is 5.79. The van der Waals surface area contributed by atoms with E-state index in [4.69, 9.17) is 0 Å². The molecule has 1 amide bonds. The predicted octanol–water partition coefficient (Wildman–Crippen LogP) is 3.38. The molecule has 4 rings (SSSR count). The van der Waals surface area contributed by atoms with Gasteiger partial charge in [0, 0.05) is 25.0 Å². The lowest BCUT2D eigenvalue weighted by molar-refractivity contribution is -0.174. The molecule has 2 atom stereocenters. The third-order valence-electron chi connectivity index (χ3n) is 6.41. The number of fused-ring (bicyclic) bond motifs is 1. The van der Waals surface area contributed by atoms with E-state index in [1.54, 1.807) is 0 Å². The molecule has 27 heavy (non-hydrogen) atoms. The van der Waals surface area contributed by atoms with Gasteiger partial charge in [0.1, 0.15) is 6.33 Å². The third kappa shape index (κ3) is 3.78. The van der Waals surface area contributed by atoms with Gasteiger partial charge in [-0.3, -0.25) is 4.79 Å². The summed E-state index contributed by atoms with van der Waals surface area (Å²) in [6.45, 7) is 1.28. The van der Waals surface area contributed by atoms with Gasteiger partial charge < -0.3 is 10.2 Å². The first-order chi connectivity index (χ1) is 12.9. The van der Waals surface area contributed by atoms with Crippen LogP contribution in [-0.4, -0.2) is 50.9 Å². The minimum Gasteiger partial charge on any atom is -0.351 e. The number of piperidine rings is 1. The molecule has 3 heterocycles. The molecule has 2 fully saturated rings. The molecule has 1 aliphatic carbocycles. The van der Waals surface area contributed by atoms with Crippen molar-refractivity contribution in [1.82, 2.24) is 19.7 Å².